The third-order valence-corrected chi connectivity index (χ3v) is 3.20. The van der Waals surface area contributed by atoms with Gasteiger partial charge in [-0.2, -0.15) is 0 Å². The van der Waals surface area contributed by atoms with Crippen molar-refractivity contribution in [3.63, 3.8) is 0 Å². The Hall–Kier alpha value is -1.74. The van der Waals surface area contributed by atoms with Crippen LogP contribution in [0.4, 0.5) is 8.78 Å². The van der Waals surface area contributed by atoms with Gasteiger partial charge in [0.05, 0.1) is 0 Å². The van der Waals surface area contributed by atoms with Crippen molar-refractivity contribution in [2.24, 2.45) is 0 Å². The van der Waals surface area contributed by atoms with E-state index in [-0.39, 0.29) is 11.6 Å². The maximum absolute atomic E-state index is 12.9. The first-order chi connectivity index (χ1) is 8.56. The Morgan fingerprint density at radius 2 is 1.11 bits per heavy atom. The Morgan fingerprint density at radius 1 is 0.778 bits per heavy atom. The largest absolute Gasteiger partial charge is 0.369 e. The highest BCUT2D eigenvalue weighted by Gasteiger charge is 2.28. The van der Waals surface area contributed by atoms with E-state index in [1.54, 1.807) is 31.4 Å². The van der Waals surface area contributed by atoms with E-state index >= 15 is 0 Å². The van der Waals surface area contributed by atoms with Crippen molar-refractivity contribution in [3.05, 3.63) is 71.3 Å². The minimum Gasteiger partial charge on any atom is -0.369 e. The van der Waals surface area contributed by atoms with Crippen LogP contribution in [0.3, 0.4) is 0 Å². The summed E-state index contributed by atoms with van der Waals surface area (Å²) >= 11 is 0. The van der Waals surface area contributed by atoms with E-state index in [4.69, 9.17) is 4.74 Å². The van der Waals surface area contributed by atoms with Crippen LogP contribution >= 0.6 is 0 Å². The number of ether oxygens (including phenoxy) is 1. The first-order valence-electron chi connectivity index (χ1n) is 5.63. The van der Waals surface area contributed by atoms with Crippen molar-refractivity contribution in [2.75, 3.05) is 7.11 Å². The number of hydrogen-bond acceptors (Lipinski definition) is 1. The number of methoxy groups -OCH3 is 1. The van der Waals surface area contributed by atoms with Gasteiger partial charge in [0.1, 0.15) is 17.2 Å². The molecule has 2 rings (SSSR count). The fourth-order valence-corrected chi connectivity index (χ4v) is 1.94. The molecule has 0 N–H and O–H groups in total. The van der Waals surface area contributed by atoms with Crippen LogP contribution in [0.25, 0.3) is 0 Å². The monoisotopic (exact) mass is 248 g/mol. The summed E-state index contributed by atoms with van der Waals surface area (Å²) in [6, 6.07) is 12.2. The summed E-state index contributed by atoms with van der Waals surface area (Å²) in [7, 11) is 1.58. The minimum atomic E-state index is -0.721. The number of hydrogen-bond donors (Lipinski definition) is 0. The fourth-order valence-electron chi connectivity index (χ4n) is 1.94. The maximum Gasteiger partial charge on any atom is 0.123 e. The van der Waals surface area contributed by atoms with E-state index in [0.717, 1.165) is 11.1 Å². The summed E-state index contributed by atoms with van der Waals surface area (Å²) in [6.45, 7) is 1.87. The van der Waals surface area contributed by atoms with Crippen LogP contribution < -0.4 is 0 Å². The van der Waals surface area contributed by atoms with Gasteiger partial charge in [0.25, 0.3) is 0 Å². The number of benzene rings is 2. The average molecular weight is 248 g/mol. The molecule has 2 aromatic rings. The summed E-state index contributed by atoms with van der Waals surface area (Å²) in [5.74, 6) is -0.590. The molecule has 0 unspecified atom stereocenters. The molecular formula is C15H14F2O. The van der Waals surface area contributed by atoms with Gasteiger partial charge in [-0.3, -0.25) is 0 Å². The second kappa shape index (κ2) is 4.86. The highest BCUT2D eigenvalue weighted by molar-refractivity contribution is 5.35. The van der Waals surface area contributed by atoms with Gasteiger partial charge in [-0.25, -0.2) is 8.78 Å². The molecule has 0 spiro atoms. The quantitative estimate of drug-likeness (QED) is 0.801. The highest BCUT2D eigenvalue weighted by atomic mass is 19.1. The lowest BCUT2D eigenvalue weighted by Gasteiger charge is -2.29. The summed E-state index contributed by atoms with van der Waals surface area (Å²) in [5, 5.41) is 0. The fraction of sp³-hybridized carbons (Fsp3) is 0.200. The summed E-state index contributed by atoms with van der Waals surface area (Å²) in [6.07, 6.45) is 0. The predicted molar refractivity (Wildman–Crippen MR) is 66.3 cm³/mol. The SMILES string of the molecule is COC(C)(c1ccc(F)cc1)c1ccc(F)cc1. The Bertz CT molecular complexity index is 472. The molecule has 0 saturated heterocycles. The molecule has 0 amide bonds. The second-order valence-corrected chi connectivity index (χ2v) is 4.25. The van der Waals surface area contributed by atoms with Crippen LogP contribution in [-0.4, -0.2) is 7.11 Å². The van der Waals surface area contributed by atoms with E-state index in [9.17, 15) is 8.78 Å². The van der Waals surface area contributed by atoms with Crippen LogP contribution in [0.1, 0.15) is 18.1 Å². The standard InChI is InChI=1S/C15H14F2O/c1-15(18-2,11-3-7-13(16)8-4-11)12-5-9-14(17)10-6-12/h3-10H,1-2H3. The first kappa shape index (κ1) is 12.7. The molecular weight excluding hydrogens is 234 g/mol. The Kier molecular flexibility index (Phi) is 3.43. The van der Waals surface area contributed by atoms with Crippen molar-refractivity contribution < 1.29 is 13.5 Å². The lowest BCUT2D eigenvalue weighted by molar-refractivity contribution is 0.0390. The summed E-state index contributed by atoms with van der Waals surface area (Å²) < 4.78 is 31.4. The molecule has 0 radical (unpaired) electrons. The van der Waals surface area contributed by atoms with Crippen molar-refractivity contribution >= 4 is 0 Å². The molecule has 0 aliphatic rings. The zero-order valence-electron chi connectivity index (χ0n) is 10.3. The molecule has 2 aromatic carbocycles. The molecule has 0 saturated carbocycles. The van der Waals surface area contributed by atoms with Gasteiger partial charge in [-0.05, 0) is 42.3 Å². The molecule has 0 bridgehead atoms. The smallest absolute Gasteiger partial charge is 0.123 e. The zero-order chi connectivity index (χ0) is 13.2. The molecule has 18 heavy (non-hydrogen) atoms. The minimum absolute atomic E-state index is 0.295. The molecule has 0 atom stereocenters. The Balaban J connectivity index is 2.47. The lowest BCUT2D eigenvalue weighted by atomic mass is 9.88. The van der Waals surface area contributed by atoms with Gasteiger partial charge < -0.3 is 4.74 Å². The van der Waals surface area contributed by atoms with Crippen LogP contribution in [0.2, 0.25) is 0 Å². The Morgan fingerprint density at radius 3 is 1.39 bits per heavy atom. The first-order valence-corrected chi connectivity index (χ1v) is 5.63. The van der Waals surface area contributed by atoms with Crippen LogP contribution in [-0.2, 0) is 10.3 Å². The third-order valence-electron chi connectivity index (χ3n) is 3.20. The normalized spacial score (nSPS) is 11.6. The van der Waals surface area contributed by atoms with E-state index in [1.165, 1.54) is 24.3 Å². The number of halogens is 2. The molecule has 0 aromatic heterocycles. The van der Waals surface area contributed by atoms with Crippen molar-refractivity contribution in [2.45, 2.75) is 12.5 Å². The van der Waals surface area contributed by atoms with Gasteiger partial charge in [0.15, 0.2) is 0 Å². The molecule has 0 aliphatic heterocycles. The average Bonchev–Trinajstić information content (AvgIpc) is 2.39. The lowest BCUT2D eigenvalue weighted by Crippen LogP contribution is -2.25. The van der Waals surface area contributed by atoms with Crippen LogP contribution in [0.15, 0.2) is 48.5 Å². The van der Waals surface area contributed by atoms with Gasteiger partial charge in [0, 0.05) is 7.11 Å². The van der Waals surface area contributed by atoms with Gasteiger partial charge in [0.2, 0.25) is 0 Å². The van der Waals surface area contributed by atoms with E-state index < -0.39 is 5.60 Å². The number of rotatable bonds is 3. The molecule has 0 fully saturated rings. The zero-order valence-corrected chi connectivity index (χ0v) is 10.3. The van der Waals surface area contributed by atoms with Gasteiger partial charge in [-0.1, -0.05) is 24.3 Å². The van der Waals surface area contributed by atoms with Gasteiger partial charge in [-0.15, -0.1) is 0 Å². The van der Waals surface area contributed by atoms with E-state index in [2.05, 4.69) is 0 Å². The van der Waals surface area contributed by atoms with Crippen LogP contribution in [0.5, 0.6) is 0 Å². The van der Waals surface area contributed by atoms with Crippen molar-refractivity contribution in [3.8, 4) is 0 Å². The van der Waals surface area contributed by atoms with E-state index in [0.29, 0.717) is 0 Å². The van der Waals surface area contributed by atoms with Crippen LogP contribution in [0, 0.1) is 11.6 Å². The molecule has 0 heterocycles. The molecule has 3 heteroatoms. The molecule has 94 valence electrons. The van der Waals surface area contributed by atoms with E-state index in [1.807, 2.05) is 6.92 Å². The maximum atomic E-state index is 12.9. The Labute approximate surface area is 105 Å². The highest BCUT2D eigenvalue weighted by Crippen LogP contribution is 2.32. The summed E-state index contributed by atoms with van der Waals surface area (Å²) in [4.78, 5) is 0. The third kappa shape index (κ3) is 2.27. The van der Waals surface area contributed by atoms with Crippen molar-refractivity contribution in [1.29, 1.82) is 0 Å². The van der Waals surface area contributed by atoms with Gasteiger partial charge >= 0.3 is 0 Å². The predicted octanol–water partition coefficient (Wildman–Crippen LogP) is 3.87. The molecule has 1 nitrogen and oxygen atoms in total. The van der Waals surface area contributed by atoms with Crippen molar-refractivity contribution in [1.82, 2.24) is 0 Å². The second-order valence-electron chi connectivity index (χ2n) is 4.25. The summed E-state index contributed by atoms with van der Waals surface area (Å²) in [5.41, 5.74) is 0.914. The molecule has 0 aliphatic carbocycles. The topological polar surface area (TPSA) is 9.23 Å².